The van der Waals surface area contributed by atoms with Crippen molar-refractivity contribution in [2.75, 3.05) is 0 Å². The average molecular weight is 337 g/mol. The number of unbranched alkanes of at least 4 members (excludes halogenated alkanes) is 10. The zero-order valence-electron chi connectivity index (χ0n) is 15.7. The Morgan fingerprint density at radius 3 is 2.04 bits per heavy atom. The van der Waals surface area contributed by atoms with Crippen LogP contribution in [0.2, 0.25) is 0 Å². The Labute approximate surface area is 147 Å². The number of carboxylic acid groups (broad SMARTS) is 1. The minimum absolute atomic E-state index is 0.213. The van der Waals surface area contributed by atoms with Crippen LogP contribution < -0.4 is 0 Å². The van der Waals surface area contributed by atoms with Gasteiger partial charge in [-0.1, -0.05) is 78.1 Å². The van der Waals surface area contributed by atoms with Gasteiger partial charge >= 0.3 is 5.97 Å². The third kappa shape index (κ3) is 8.51. The zero-order chi connectivity index (χ0) is 17.6. The van der Waals surface area contributed by atoms with E-state index in [1.54, 1.807) is 0 Å². The molecule has 1 aromatic heterocycles. The third-order valence-electron chi connectivity index (χ3n) is 4.56. The minimum Gasteiger partial charge on any atom is -0.475 e. The molecule has 0 radical (unpaired) electrons. The monoisotopic (exact) mass is 336 g/mol. The standard InChI is InChI=1S/C20H36N2O2/c1-3-5-7-9-11-13-15-18-17-22(19(21-18)20(23)24)16-14-12-10-8-6-4-2/h17H,3-16H2,1-2H3,(H,23,24). The van der Waals surface area contributed by atoms with E-state index in [4.69, 9.17) is 0 Å². The number of aryl methyl sites for hydroxylation is 2. The normalized spacial score (nSPS) is 11.1. The van der Waals surface area contributed by atoms with Gasteiger partial charge in [-0.2, -0.15) is 0 Å². The van der Waals surface area contributed by atoms with Gasteiger partial charge in [0, 0.05) is 12.7 Å². The van der Waals surface area contributed by atoms with Gasteiger partial charge in [-0.25, -0.2) is 9.78 Å². The second-order valence-corrected chi connectivity index (χ2v) is 6.84. The molecule has 0 saturated carbocycles. The fourth-order valence-corrected chi connectivity index (χ4v) is 3.08. The molecule has 0 spiro atoms. The number of aromatic nitrogens is 2. The SMILES string of the molecule is CCCCCCCCc1cn(CCCCCCCC)c(C(=O)O)n1. The van der Waals surface area contributed by atoms with E-state index in [2.05, 4.69) is 18.8 Å². The molecule has 0 aliphatic heterocycles. The minimum atomic E-state index is -0.907. The van der Waals surface area contributed by atoms with Crippen molar-refractivity contribution in [3.8, 4) is 0 Å². The van der Waals surface area contributed by atoms with Crippen molar-refractivity contribution in [2.24, 2.45) is 0 Å². The summed E-state index contributed by atoms with van der Waals surface area (Å²) in [5.74, 6) is -0.695. The van der Waals surface area contributed by atoms with Crippen LogP contribution in [-0.2, 0) is 13.0 Å². The van der Waals surface area contributed by atoms with Gasteiger partial charge in [-0.05, 0) is 19.3 Å². The first-order valence-corrected chi connectivity index (χ1v) is 9.98. The molecule has 24 heavy (non-hydrogen) atoms. The van der Waals surface area contributed by atoms with Crippen molar-refractivity contribution >= 4 is 5.97 Å². The highest BCUT2D eigenvalue weighted by atomic mass is 16.4. The number of carboxylic acids is 1. The first-order chi connectivity index (χ1) is 11.7. The first-order valence-electron chi connectivity index (χ1n) is 9.98. The summed E-state index contributed by atoms with van der Waals surface area (Å²) >= 11 is 0. The summed E-state index contributed by atoms with van der Waals surface area (Å²) in [6.45, 7) is 5.22. The van der Waals surface area contributed by atoms with E-state index >= 15 is 0 Å². The largest absolute Gasteiger partial charge is 0.475 e. The van der Waals surface area contributed by atoms with Crippen LogP contribution in [-0.4, -0.2) is 20.6 Å². The number of hydrogen-bond donors (Lipinski definition) is 1. The van der Waals surface area contributed by atoms with Crippen LogP contribution in [0.25, 0.3) is 0 Å². The Morgan fingerprint density at radius 2 is 1.46 bits per heavy atom. The van der Waals surface area contributed by atoms with Gasteiger partial charge in [0.25, 0.3) is 0 Å². The maximum absolute atomic E-state index is 11.4. The average Bonchev–Trinajstić information content (AvgIpc) is 2.97. The molecule has 1 aromatic rings. The lowest BCUT2D eigenvalue weighted by Crippen LogP contribution is -2.09. The third-order valence-corrected chi connectivity index (χ3v) is 4.56. The highest BCUT2D eigenvalue weighted by Gasteiger charge is 2.14. The van der Waals surface area contributed by atoms with E-state index < -0.39 is 5.97 Å². The van der Waals surface area contributed by atoms with Crippen molar-refractivity contribution in [2.45, 2.75) is 104 Å². The van der Waals surface area contributed by atoms with Crippen LogP contribution in [0.3, 0.4) is 0 Å². The topological polar surface area (TPSA) is 55.1 Å². The van der Waals surface area contributed by atoms with E-state index in [1.165, 1.54) is 64.2 Å². The molecule has 0 aliphatic carbocycles. The Kier molecular flexibility index (Phi) is 11.2. The molecule has 1 heterocycles. The number of nitrogens with zero attached hydrogens (tertiary/aromatic N) is 2. The number of hydrogen-bond acceptors (Lipinski definition) is 2. The summed E-state index contributed by atoms with van der Waals surface area (Å²) < 4.78 is 1.84. The predicted molar refractivity (Wildman–Crippen MR) is 99.6 cm³/mol. The molecule has 0 fully saturated rings. The molecular weight excluding hydrogens is 300 g/mol. The summed E-state index contributed by atoms with van der Waals surface area (Å²) in [5, 5.41) is 9.34. The molecule has 0 aliphatic rings. The van der Waals surface area contributed by atoms with Gasteiger partial charge in [-0.3, -0.25) is 0 Å². The smallest absolute Gasteiger partial charge is 0.372 e. The molecule has 0 atom stereocenters. The van der Waals surface area contributed by atoms with Crippen LogP contribution in [0.5, 0.6) is 0 Å². The van der Waals surface area contributed by atoms with E-state index in [0.717, 1.165) is 31.5 Å². The van der Waals surface area contributed by atoms with Crippen molar-refractivity contribution < 1.29 is 9.90 Å². The highest BCUT2D eigenvalue weighted by molar-refractivity contribution is 5.83. The maximum Gasteiger partial charge on any atom is 0.372 e. The highest BCUT2D eigenvalue weighted by Crippen LogP contribution is 2.13. The van der Waals surface area contributed by atoms with Gasteiger partial charge in [0.2, 0.25) is 5.82 Å². The Morgan fingerprint density at radius 1 is 0.917 bits per heavy atom. The summed E-state index contributed by atoms with van der Waals surface area (Å²) in [5.41, 5.74) is 0.939. The molecule has 0 amide bonds. The van der Waals surface area contributed by atoms with Crippen LogP contribution in [0, 0.1) is 0 Å². The Balaban J connectivity index is 2.35. The molecule has 138 valence electrons. The second-order valence-electron chi connectivity index (χ2n) is 6.84. The molecule has 1 N–H and O–H groups in total. The summed E-state index contributed by atoms with van der Waals surface area (Å²) in [4.78, 5) is 15.7. The Bertz CT molecular complexity index is 454. The molecular formula is C20H36N2O2. The van der Waals surface area contributed by atoms with Crippen LogP contribution >= 0.6 is 0 Å². The van der Waals surface area contributed by atoms with Gasteiger partial charge in [-0.15, -0.1) is 0 Å². The number of carbonyl (C=O) groups is 1. The molecule has 0 aromatic carbocycles. The van der Waals surface area contributed by atoms with Crippen molar-refractivity contribution in [3.63, 3.8) is 0 Å². The first kappa shape index (κ1) is 20.7. The fourth-order valence-electron chi connectivity index (χ4n) is 3.08. The van der Waals surface area contributed by atoms with E-state index in [-0.39, 0.29) is 5.82 Å². The fraction of sp³-hybridized carbons (Fsp3) is 0.800. The summed E-state index contributed by atoms with van der Waals surface area (Å²) in [6, 6.07) is 0. The maximum atomic E-state index is 11.4. The summed E-state index contributed by atoms with van der Waals surface area (Å²) in [6.07, 6.45) is 17.6. The van der Waals surface area contributed by atoms with E-state index in [1.807, 2.05) is 10.8 Å². The lowest BCUT2D eigenvalue weighted by Gasteiger charge is -2.04. The number of rotatable bonds is 15. The van der Waals surface area contributed by atoms with Crippen LogP contribution in [0.4, 0.5) is 0 Å². The van der Waals surface area contributed by atoms with E-state index in [9.17, 15) is 9.90 Å². The second kappa shape index (κ2) is 13.0. The molecule has 0 bridgehead atoms. The molecule has 0 unspecified atom stereocenters. The molecule has 1 rings (SSSR count). The molecule has 0 saturated heterocycles. The van der Waals surface area contributed by atoms with Gasteiger partial charge in [0.1, 0.15) is 0 Å². The van der Waals surface area contributed by atoms with Crippen molar-refractivity contribution in [1.82, 2.24) is 9.55 Å². The number of imidazole rings is 1. The molecule has 4 heteroatoms. The lowest BCUT2D eigenvalue weighted by atomic mass is 10.1. The van der Waals surface area contributed by atoms with Crippen molar-refractivity contribution in [1.29, 1.82) is 0 Å². The summed E-state index contributed by atoms with van der Waals surface area (Å²) in [7, 11) is 0. The van der Waals surface area contributed by atoms with Crippen LogP contribution in [0.15, 0.2) is 6.20 Å². The Hall–Kier alpha value is -1.32. The van der Waals surface area contributed by atoms with Gasteiger partial charge in [0.05, 0.1) is 5.69 Å². The molecule has 4 nitrogen and oxygen atoms in total. The van der Waals surface area contributed by atoms with Crippen molar-refractivity contribution in [3.05, 3.63) is 17.7 Å². The van der Waals surface area contributed by atoms with Crippen LogP contribution in [0.1, 0.15) is 107 Å². The predicted octanol–water partition coefficient (Wildman–Crippen LogP) is 5.84. The number of aromatic carboxylic acids is 1. The lowest BCUT2D eigenvalue weighted by molar-refractivity contribution is 0.0677. The quantitative estimate of drug-likeness (QED) is 0.409. The zero-order valence-corrected chi connectivity index (χ0v) is 15.7. The van der Waals surface area contributed by atoms with Gasteiger partial charge in [0.15, 0.2) is 0 Å². The van der Waals surface area contributed by atoms with Gasteiger partial charge < -0.3 is 9.67 Å². The van der Waals surface area contributed by atoms with E-state index in [0.29, 0.717) is 0 Å².